The zero-order valence-corrected chi connectivity index (χ0v) is 16.6. The minimum atomic E-state index is -3.84. The van der Waals surface area contributed by atoms with Crippen LogP contribution in [0.1, 0.15) is 25.7 Å². The van der Waals surface area contributed by atoms with Gasteiger partial charge in [-0.05, 0) is 43.9 Å². The molecule has 0 aromatic heterocycles. The summed E-state index contributed by atoms with van der Waals surface area (Å²) in [6.45, 7) is -0.356. The molecular formula is C16H21ClN2O5S2. The molecule has 2 fully saturated rings. The number of nitrogens with zero attached hydrogens (tertiary/aromatic N) is 1. The number of sulfonamides is 1. The van der Waals surface area contributed by atoms with Crippen LogP contribution >= 0.6 is 11.6 Å². The van der Waals surface area contributed by atoms with E-state index in [0.29, 0.717) is 17.9 Å². The molecule has 2 aliphatic heterocycles. The van der Waals surface area contributed by atoms with Gasteiger partial charge < -0.3 is 4.90 Å². The van der Waals surface area contributed by atoms with E-state index in [4.69, 9.17) is 11.6 Å². The number of benzene rings is 1. The normalized spacial score (nSPS) is 26.1. The van der Waals surface area contributed by atoms with E-state index in [-0.39, 0.29) is 29.4 Å². The summed E-state index contributed by atoms with van der Waals surface area (Å²) in [6, 6.07) is 5.52. The van der Waals surface area contributed by atoms with Crippen molar-refractivity contribution in [1.29, 1.82) is 0 Å². The van der Waals surface area contributed by atoms with Gasteiger partial charge in [0, 0.05) is 23.4 Å². The lowest BCUT2D eigenvalue weighted by molar-refractivity contribution is -0.134. The summed E-state index contributed by atoms with van der Waals surface area (Å²) in [5, 5.41) is -0.132. The van der Waals surface area contributed by atoms with Crippen molar-refractivity contribution >= 4 is 37.4 Å². The number of sulfone groups is 1. The fourth-order valence-corrected chi connectivity index (χ4v) is 6.27. The van der Waals surface area contributed by atoms with Crippen LogP contribution in [-0.4, -0.2) is 57.8 Å². The van der Waals surface area contributed by atoms with Crippen molar-refractivity contribution < 1.29 is 21.6 Å². The van der Waals surface area contributed by atoms with Crippen molar-refractivity contribution in [2.75, 3.05) is 12.8 Å². The van der Waals surface area contributed by atoms with Gasteiger partial charge in [-0.15, -0.1) is 0 Å². The van der Waals surface area contributed by atoms with Gasteiger partial charge in [0.2, 0.25) is 15.9 Å². The Balaban J connectivity index is 1.66. The second-order valence-electron chi connectivity index (χ2n) is 6.89. The molecule has 2 atom stereocenters. The van der Waals surface area contributed by atoms with Crippen molar-refractivity contribution in [3.8, 4) is 0 Å². The first kappa shape index (κ1) is 19.6. The van der Waals surface area contributed by atoms with E-state index in [1.54, 1.807) is 11.0 Å². The molecule has 144 valence electrons. The van der Waals surface area contributed by atoms with Crippen molar-refractivity contribution in [2.24, 2.45) is 0 Å². The number of piperidine rings is 1. The van der Waals surface area contributed by atoms with E-state index in [1.807, 2.05) is 0 Å². The number of nitrogens with one attached hydrogen (secondary N) is 1. The molecule has 0 spiro atoms. The molecule has 2 heterocycles. The zero-order valence-electron chi connectivity index (χ0n) is 14.3. The summed E-state index contributed by atoms with van der Waals surface area (Å²) in [6.07, 6.45) is 3.57. The molecule has 0 radical (unpaired) electrons. The molecule has 1 aromatic carbocycles. The van der Waals surface area contributed by atoms with Crippen molar-refractivity contribution in [2.45, 2.75) is 47.9 Å². The van der Waals surface area contributed by atoms with Crippen LogP contribution in [0.25, 0.3) is 0 Å². The summed E-state index contributed by atoms with van der Waals surface area (Å²) in [5.74, 6) is -0.324. The number of hydrogen-bond acceptors (Lipinski definition) is 5. The summed E-state index contributed by atoms with van der Waals surface area (Å²) < 4.78 is 50.6. The largest absolute Gasteiger partial charge is 0.336 e. The van der Waals surface area contributed by atoms with Gasteiger partial charge in [-0.1, -0.05) is 17.7 Å². The van der Waals surface area contributed by atoms with Gasteiger partial charge in [-0.3, -0.25) is 4.79 Å². The predicted molar refractivity (Wildman–Crippen MR) is 98.2 cm³/mol. The topological polar surface area (TPSA) is 101 Å². The Kier molecular flexibility index (Phi) is 5.35. The molecule has 2 saturated heterocycles. The number of amides is 1. The highest BCUT2D eigenvalue weighted by atomic mass is 35.5. The molecule has 1 amide bonds. The molecule has 0 aliphatic carbocycles. The van der Waals surface area contributed by atoms with Crippen molar-refractivity contribution in [3.63, 3.8) is 0 Å². The molecule has 1 N–H and O–H groups in total. The highest BCUT2D eigenvalue weighted by Gasteiger charge is 2.45. The van der Waals surface area contributed by atoms with Crippen LogP contribution in [0.4, 0.5) is 0 Å². The van der Waals surface area contributed by atoms with Crippen molar-refractivity contribution in [1.82, 2.24) is 9.62 Å². The molecule has 26 heavy (non-hydrogen) atoms. The van der Waals surface area contributed by atoms with E-state index >= 15 is 0 Å². The van der Waals surface area contributed by atoms with E-state index in [9.17, 15) is 21.6 Å². The maximum absolute atomic E-state index is 12.6. The third-order valence-corrected chi connectivity index (χ3v) is 8.33. The first-order valence-electron chi connectivity index (χ1n) is 8.33. The van der Waals surface area contributed by atoms with Gasteiger partial charge in [-0.25, -0.2) is 21.6 Å². The minimum absolute atomic E-state index is 0.00319. The summed E-state index contributed by atoms with van der Waals surface area (Å²) >= 11 is 5.82. The lowest BCUT2D eigenvalue weighted by atomic mass is 10.0. The first-order chi connectivity index (χ1) is 12.1. The summed E-state index contributed by atoms with van der Waals surface area (Å²) in [5.41, 5.74) is 0. The maximum atomic E-state index is 12.6. The van der Waals surface area contributed by atoms with Crippen LogP contribution in [0.3, 0.4) is 0 Å². The number of fused-ring (bicyclic) bond motifs is 2. The highest BCUT2D eigenvalue weighted by Crippen LogP contribution is 2.38. The van der Waals surface area contributed by atoms with Gasteiger partial charge in [0.25, 0.3) is 0 Å². The molecule has 2 bridgehead atoms. The quantitative estimate of drug-likeness (QED) is 0.770. The van der Waals surface area contributed by atoms with Crippen molar-refractivity contribution in [3.05, 3.63) is 29.3 Å². The van der Waals surface area contributed by atoms with Gasteiger partial charge >= 0.3 is 0 Å². The van der Waals surface area contributed by atoms with Gasteiger partial charge in [0.1, 0.15) is 9.84 Å². The number of halogens is 1. The third-order valence-electron chi connectivity index (χ3n) is 5.10. The predicted octanol–water partition coefficient (Wildman–Crippen LogP) is 1.18. The Labute approximate surface area is 158 Å². The number of hydrogen-bond donors (Lipinski definition) is 1. The van der Waals surface area contributed by atoms with Gasteiger partial charge in [-0.2, -0.15) is 0 Å². The lowest BCUT2D eigenvalue weighted by Gasteiger charge is -2.38. The molecule has 1 aromatic rings. The van der Waals surface area contributed by atoms with Crippen LogP contribution in [-0.2, 0) is 24.7 Å². The van der Waals surface area contributed by atoms with Crippen LogP contribution in [0.2, 0.25) is 5.02 Å². The first-order valence-corrected chi connectivity index (χ1v) is 12.1. The average molecular weight is 421 g/mol. The Morgan fingerprint density at radius 3 is 2.35 bits per heavy atom. The Morgan fingerprint density at radius 2 is 1.81 bits per heavy atom. The van der Waals surface area contributed by atoms with Crippen LogP contribution in [0.15, 0.2) is 29.2 Å². The van der Waals surface area contributed by atoms with Crippen LogP contribution < -0.4 is 4.72 Å². The minimum Gasteiger partial charge on any atom is -0.336 e. The average Bonchev–Trinajstić information content (AvgIpc) is 2.81. The van der Waals surface area contributed by atoms with E-state index < -0.39 is 25.1 Å². The second kappa shape index (κ2) is 7.10. The second-order valence-corrected chi connectivity index (χ2v) is 11.4. The summed E-state index contributed by atoms with van der Waals surface area (Å²) in [7, 11) is -6.98. The van der Waals surface area contributed by atoms with E-state index in [1.165, 1.54) is 24.5 Å². The summed E-state index contributed by atoms with van der Waals surface area (Å²) in [4.78, 5) is 14.2. The molecule has 2 aliphatic rings. The monoisotopic (exact) mass is 420 g/mol. The Bertz CT molecular complexity index is 902. The highest BCUT2D eigenvalue weighted by molar-refractivity contribution is 7.91. The molecule has 10 heteroatoms. The SMILES string of the molecule is CS(=O)(=O)C1CC2CCC(C1)N2C(=O)CNS(=O)(=O)c1cccc(Cl)c1. The van der Waals surface area contributed by atoms with Gasteiger partial charge in [0.15, 0.2) is 0 Å². The fraction of sp³-hybridized carbons (Fsp3) is 0.562. The lowest BCUT2D eigenvalue weighted by Crippen LogP contribution is -2.52. The Hall–Kier alpha value is -1.16. The zero-order chi connectivity index (χ0) is 19.1. The Morgan fingerprint density at radius 1 is 1.19 bits per heavy atom. The molecule has 2 unspecified atom stereocenters. The number of carbonyl (C=O) groups is 1. The molecule has 3 rings (SSSR count). The van der Waals surface area contributed by atoms with Crippen LogP contribution in [0, 0.1) is 0 Å². The smallest absolute Gasteiger partial charge is 0.241 e. The number of rotatable bonds is 5. The molecule has 0 saturated carbocycles. The van der Waals surface area contributed by atoms with Gasteiger partial charge in [0.05, 0.1) is 16.7 Å². The van der Waals surface area contributed by atoms with Crippen LogP contribution in [0.5, 0.6) is 0 Å². The molecule has 7 nitrogen and oxygen atoms in total. The number of carbonyl (C=O) groups excluding carboxylic acids is 1. The van der Waals surface area contributed by atoms with E-state index in [0.717, 1.165) is 12.8 Å². The maximum Gasteiger partial charge on any atom is 0.241 e. The standard InChI is InChI=1S/C16H21ClN2O5S2/c1-25(21,22)15-8-12-5-6-13(9-15)19(12)16(20)10-18-26(23,24)14-4-2-3-11(17)7-14/h2-4,7,12-13,15,18H,5-6,8-10H2,1H3. The molecular weight excluding hydrogens is 400 g/mol. The third kappa shape index (κ3) is 4.05. The van der Waals surface area contributed by atoms with E-state index in [2.05, 4.69) is 4.72 Å². The fourth-order valence-electron chi connectivity index (χ4n) is 3.85.